The molecule has 1 aliphatic heterocycles. The zero-order valence-corrected chi connectivity index (χ0v) is 20.6. The molecule has 160 valence electrons. The molecule has 2 heterocycles. The minimum absolute atomic E-state index is 0. The number of rotatable bonds is 6. The molecule has 1 aromatic heterocycles. The summed E-state index contributed by atoms with van der Waals surface area (Å²) < 4.78 is 7.52. The topological polar surface area (TPSA) is 45.7 Å². The molecule has 4 rings (SSSR count). The summed E-state index contributed by atoms with van der Waals surface area (Å²) in [5.74, 6) is 0.0219. The van der Waals surface area contributed by atoms with E-state index >= 15 is 0 Å². The normalized spacial score (nSPS) is 14.5. The van der Waals surface area contributed by atoms with Crippen LogP contribution < -0.4 is 4.90 Å². The van der Waals surface area contributed by atoms with Crippen molar-refractivity contribution in [2.75, 3.05) is 44.3 Å². The molecule has 1 aliphatic rings. The number of thiazole rings is 1. The van der Waals surface area contributed by atoms with Crippen LogP contribution in [0.4, 0.5) is 5.13 Å². The van der Waals surface area contributed by atoms with Gasteiger partial charge in [-0.05, 0) is 59.7 Å². The Kier molecular flexibility index (Phi) is 8.47. The van der Waals surface area contributed by atoms with E-state index in [1.807, 2.05) is 35.2 Å². The second-order valence-corrected chi connectivity index (χ2v) is 9.33. The van der Waals surface area contributed by atoms with Crippen LogP contribution in [0.15, 0.2) is 42.5 Å². The molecular formula is C22H25ClIN3O2S. The average Bonchev–Trinajstić information content (AvgIpc) is 3.17. The second kappa shape index (κ2) is 10.9. The summed E-state index contributed by atoms with van der Waals surface area (Å²) in [5, 5.41) is 0.779. The summed E-state index contributed by atoms with van der Waals surface area (Å²) in [6, 6.07) is 13.9. The Hall–Kier alpha value is -1.26. The Morgan fingerprint density at radius 3 is 2.70 bits per heavy atom. The Bertz CT molecular complexity index is 1010. The van der Waals surface area contributed by atoms with Crippen molar-refractivity contribution in [2.45, 2.75) is 13.3 Å². The fourth-order valence-electron chi connectivity index (χ4n) is 3.53. The molecule has 1 fully saturated rings. The van der Waals surface area contributed by atoms with Crippen molar-refractivity contribution in [3.63, 3.8) is 0 Å². The predicted molar refractivity (Wildman–Crippen MR) is 134 cm³/mol. The van der Waals surface area contributed by atoms with E-state index in [9.17, 15) is 4.79 Å². The van der Waals surface area contributed by atoms with E-state index in [4.69, 9.17) is 9.72 Å². The fourth-order valence-corrected chi connectivity index (χ4v) is 5.22. The van der Waals surface area contributed by atoms with Gasteiger partial charge in [0.2, 0.25) is 0 Å². The Morgan fingerprint density at radius 1 is 1.20 bits per heavy atom. The van der Waals surface area contributed by atoms with E-state index in [1.54, 1.807) is 11.3 Å². The van der Waals surface area contributed by atoms with Gasteiger partial charge < -0.3 is 4.74 Å². The summed E-state index contributed by atoms with van der Waals surface area (Å²) >= 11 is 3.83. The number of halogens is 2. The van der Waals surface area contributed by atoms with Gasteiger partial charge in [-0.3, -0.25) is 14.6 Å². The number of para-hydroxylation sites is 1. The highest BCUT2D eigenvalue weighted by Crippen LogP contribution is 2.32. The predicted octanol–water partition coefficient (Wildman–Crippen LogP) is 5.00. The van der Waals surface area contributed by atoms with Gasteiger partial charge in [-0.2, -0.15) is 0 Å². The van der Waals surface area contributed by atoms with Crippen LogP contribution in [0.2, 0.25) is 0 Å². The number of nitrogens with zero attached hydrogens (tertiary/aromatic N) is 3. The van der Waals surface area contributed by atoms with Crippen LogP contribution in [0.25, 0.3) is 10.2 Å². The van der Waals surface area contributed by atoms with Gasteiger partial charge in [0.05, 0.1) is 29.0 Å². The van der Waals surface area contributed by atoms with E-state index in [2.05, 4.69) is 46.5 Å². The van der Waals surface area contributed by atoms with Crippen molar-refractivity contribution >= 4 is 67.6 Å². The summed E-state index contributed by atoms with van der Waals surface area (Å²) in [4.78, 5) is 22.6. The third-order valence-electron chi connectivity index (χ3n) is 5.15. The number of amides is 1. The minimum Gasteiger partial charge on any atom is -0.379 e. The van der Waals surface area contributed by atoms with Crippen LogP contribution >= 0.6 is 46.3 Å². The van der Waals surface area contributed by atoms with Gasteiger partial charge in [-0.1, -0.05) is 35.6 Å². The maximum atomic E-state index is 13.5. The van der Waals surface area contributed by atoms with Crippen molar-refractivity contribution in [1.82, 2.24) is 9.88 Å². The number of hydrogen-bond donors (Lipinski definition) is 0. The van der Waals surface area contributed by atoms with Crippen LogP contribution in [0.3, 0.4) is 0 Å². The molecule has 1 saturated heterocycles. The molecule has 0 N–H and O–H groups in total. The lowest BCUT2D eigenvalue weighted by Gasteiger charge is -2.27. The SMILES string of the molecule is Cc1cccc2sc(N(CCCN3CCOCC3)C(=O)c3ccccc3I)nc12.Cl. The first-order chi connectivity index (χ1) is 14.1. The molecule has 0 radical (unpaired) electrons. The molecule has 0 atom stereocenters. The van der Waals surface area contributed by atoms with Crippen LogP contribution in [0.1, 0.15) is 22.3 Å². The molecule has 0 aliphatic carbocycles. The number of ether oxygens (including phenoxy) is 1. The lowest BCUT2D eigenvalue weighted by Crippen LogP contribution is -2.39. The highest BCUT2D eigenvalue weighted by molar-refractivity contribution is 14.1. The molecule has 30 heavy (non-hydrogen) atoms. The van der Waals surface area contributed by atoms with E-state index < -0.39 is 0 Å². The van der Waals surface area contributed by atoms with Crippen molar-refractivity contribution in [3.05, 3.63) is 57.2 Å². The second-order valence-electron chi connectivity index (χ2n) is 7.16. The number of carbonyl (C=O) groups excluding carboxylic acids is 1. The quantitative estimate of drug-likeness (QED) is 0.400. The van der Waals surface area contributed by atoms with E-state index in [0.29, 0.717) is 6.54 Å². The van der Waals surface area contributed by atoms with Crippen LogP contribution in [0.5, 0.6) is 0 Å². The van der Waals surface area contributed by atoms with E-state index in [1.165, 1.54) is 0 Å². The standard InChI is InChI=1S/C22H24IN3O2S.ClH/c1-16-6-4-9-19-20(16)24-22(29-19)26(11-5-10-25-12-14-28-15-13-25)21(27)17-7-2-3-8-18(17)23;/h2-4,6-9H,5,10-15H2,1H3;1H. The lowest BCUT2D eigenvalue weighted by atomic mass is 10.2. The van der Waals surface area contributed by atoms with Crippen molar-refractivity contribution in [3.8, 4) is 0 Å². The number of morpholine rings is 1. The first-order valence-corrected chi connectivity index (χ1v) is 11.8. The Labute approximate surface area is 201 Å². The summed E-state index contributed by atoms with van der Waals surface area (Å²) in [7, 11) is 0. The average molecular weight is 558 g/mol. The largest absolute Gasteiger partial charge is 0.379 e. The van der Waals surface area contributed by atoms with Gasteiger partial charge in [-0.25, -0.2) is 4.98 Å². The minimum atomic E-state index is 0. The van der Waals surface area contributed by atoms with Crippen LogP contribution in [0, 0.1) is 10.5 Å². The summed E-state index contributed by atoms with van der Waals surface area (Å²) in [6.07, 6.45) is 0.907. The van der Waals surface area contributed by atoms with Crippen molar-refractivity contribution in [2.24, 2.45) is 0 Å². The zero-order chi connectivity index (χ0) is 20.2. The Morgan fingerprint density at radius 2 is 1.97 bits per heavy atom. The highest BCUT2D eigenvalue weighted by Gasteiger charge is 2.23. The zero-order valence-electron chi connectivity index (χ0n) is 16.8. The first-order valence-electron chi connectivity index (χ1n) is 9.86. The number of benzene rings is 2. The third kappa shape index (κ3) is 5.31. The van der Waals surface area contributed by atoms with Gasteiger partial charge >= 0.3 is 0 Å². The fraction of sp³-hybridized carbons (Fsp3) is 0.364. The summed E-state index contributed by atoms with van der Waals surface area (Å²) in [5.41, 5.74) is 2.86. The van der Waals surface area contributed by atoms with Gasteiger partial charge in [0, 0.05) is 29.7 Å². The monoisotopic (exact) mass is 557 g/mol. The van der Waals surface area contributed by atoms with Crippen molar-refractivity contribution < 1.29 is 9.53 Å². The first kappa shape index (κ1) is 23.4. The molecule has 8 heteroatoms. The number of aryl methyl sites for hydroxylation is 1. The van der Waals surface area contributed by atoms with E-state index in [-0.39, 0.29) is 18.3 Å². The maximum absolute atomic E-state index is 13.5. The third-order valence-corrected chi connectivity index (χ3v) is 7.13. The molecule has 0 bridgehead atoms. The van der Waals surface area contributed by atoms with Crippen molar-refractivity contribution in [1.29, 1.82) is 0 Å². The number of carbonyl (C=O) groups is 1. The molecule has 1 amide bonds. The molecule has 0 spiro atoms. The number of hydrogen-bond acceptors (Lipinski definition) is 5. The van der Waals surface area contributed by atoms with Crippen LogP contribution in [-0.2, 0) is 4.74 Å². The molecular weight excluding hydrogens is 533 g/mol. The molecule has 3 aromatic rings. The molecule has 0 unspecified atom stereocenters. The van der Waals surface area contributed by atoms with E-state index in [0.717, 1.165) is 69.3 Å². The molecule has 5 nitrogen and oxygen atoms in total. The van der Waals surface area contributed by atoms with Gasteiger partial charge in [0.15, 0.2) is 5.13 Å². The van der Waals surface area contributed by atoms with Gasteiger partial charge in [0.25, 0.3) is 5.91 Å². The number of fused-ring (bicyclic) bond motifs is 1. The number of anilines is 1. The highest BCUT2D eigenvalue weighted by atomic mass is 127. The van der Waals surface area contributed by atoms with Gasteiger partial charge in [0.1, 0.15) is 0 Å². The lowest BCUT2D eigenvalue weighted by molar-refractivity contribution is 0.0376. The smallest absolute Gasteiger partial charge is 0.261 e. The maximum Gasteiger partial charge on any atom is 0.261 e. The molecule has 2 aromatic carbocycles. The Balaban J connectivity index is 0.00000256. The van der Waals surface area contributed by atoms with Crippen LogP contribution in [-0.4, -0.2) is 55.2 Å². The summed E-state index contributed by atoms with van der Waals surface area (Å²) in [6.45, 7) is 7.19. The molecule has 0 saturated carbocycles. The number of aromatic nitrogens is 1. The van der Waals surface area contributed by atoms with Gasteiger partial charge in [-0.15, -0.1) is 12.4 Å².